The van der Waals surface area contributed by atoms with Gasteiger partial charge in [-0.05, 0) is 44.1 Å². The van der Waals surface area contributed by atoms with Crippen LogP contribution < -0.4 is 15.4 Å². The van der Waals surface area contributed by atoms with Crippen molar-refractivity contribution in [3.05, 3.63) is 28.2 Å². The molecule has 1 fully saturated rings. The highest BCUT2D eigenvalue weighted by molar-refractivity contribution is 9.10. The molecule has 0 atom stereocenters. The molecule has 1 heterocycles. The maximum atomic E-state index is 12.1. The van der Waals surface area contributed by atoms with Crippen molar-refractivity contribution in [3.63, 3.8) is 0 Å². The Morgan fingerprint density at radius 3 is 2.89 bits per heavy atom. The lowest BCUT2D eigenvalue weighted by Gasteiger charge is -2.22. The molecule has 0 saturated carbocycles. The number of rotatable bonds is 4. The molecule has 0 spiro atoms. The number of hydrogen-bond acceptors (Lipinski definition) is 3. The van der Waals surface area contributed by atoms with Gasteiger partial charge in [0.1, 0.15) is 5.75 Å². The molecule has 1 aromatic rings. The Labute approximate surface area is 122 Å². The molecule has 1 aliphatic rings. The molecule has 4 nitrogen and oxygen atoms in total. The van der Waals surface area contributed by atoms with Crippen LogP contribution in [0.15, 0.2) is 22.7 Å². The number of ether oxygens (including phenoxy) is 1. The quantitative estimate of drug-likeness (QED) is 0.890. The van der Waals surface area contributed by atoms with Gasteiger partial charge in [0.25, 0.3) is 0 Å². The number of methoxy groups -OCH3 is 1. The monoisotopic (exact) mass is 326 g/mol. The van der Waals surface area contributed by atoms with Crippen LogP contribution in [0.5, 0.6) is 5.75 Å². The first-order valence-corrected chi connectivity index (χ1v) is 7.31. The van der Waals surface area contributed by atoms with Crippen LogP contribution in [0.25, 0.3) is 0 Å². The molecule has 1 aromatic carbocycles. The molecule has 0 bridgehead atoms. The average molecular weight is 327 g/mol. The van der Waals surface area contributed by atoms with E-state index in [-0.39, 0.29) is 11.8 Å². The van der Waals surface area contributed by atoms with Gasteiger partial charge in [0.2, 0.25) is 5.91 Å². The highest BCUT2D eigenvalue weighted by Gasteiger charge is 2.20. The van der Waals surface area contributed by atoms with E-state index in [1.54, 1.807) is 7.11 Å². The summed E-state index contributed by atoms with van der Waals surface area (Å²) in [7, 11) is 1.64. The van der Waals surface area contributed by atoms with E-state index < -0.39 is 0 Å². The third-order valence-electron chi connectivity index (χ3n) is 3.41. The van der Waals surface area contributed by atoms with Gasteiger partial charge in [-0.1, -0.05) is 15.9 Å². The van der Waals surface area contributed by atoms with Crippen molar-refractivity contribution in [2.24, 2.45) is 5.92 Å². The second-order valence-electron chi connectivity index (χ2n) is 4.70. The fourth-order valence-corrected chi connectivity index (χ4v) is 2.70. The van der Waals surface area contributed by atoms with Gasteiger partial charge in [-0.15, -0.1) is 0 Å². The van der Waals surface area contributed by atoms with E-state index >= 15 is 0 Å². The first-order valence-electron chi connectivity index (χ1n) is 6.51. The molecule has 0 radical (unpaired) electrons. The molecular weight excluding hydrogens is 308 g/mol. The molecule has 0 aromatic heterocycles. The van der Waals surface area contributed by atoms with Gasteiger partial charge >= 0.3 is 0 Å². The van der Waals surface area contributed by atoms with Crippen molar-refractivity contribution in [3.8, 4) is 5.75 Å². The van der Waals surface area contributed by atoms with E-state index in [0.29, 0.717) is 6.54 Å². The molecule has 1 saturated heterocycles. The van der Waals surface area contributed by atoms with E-state index in [9.17, 15) is 4.79 Å². The number of piperidine rings is 1. The van der Waals surface area contributed by atoms with E-state index in [1.807, 2.05) is 18.2 Å². The van der Waals surface area contributed by atoms with Gasteiger partial charge in [-0.25, -0.2) is 0 Å². The summed E-state index contributed by atoms with van der Waals surface area (Å²) in [6.07, 6.45) is 1.84. The first-order chi connectivity index (χ1) is 9.20. The number of nitrogens with one attached hydrogen (secondary N) is 2. The van der Waals surface area contributed by atoms with Crippen molar-refractivity contribution in [1.82, 2.24) is 10.6 Å². The normalized spacial score (nSPS) is 16.1. The minimum atomic E-state index is 0.138. The molecule has 1 aliphatic heterocycles. The van der Waals surface area contributed by atoms with Crippen molar-refractivity contribution < 1.29 is 9.53 Å². The van der Waals surface area contributed by atoms with Crippen LogP contribution in [0.2, 0.25) is 0 Å². The number of hydrogen-bond donors (Lipinski definition) is 2. The van der Waals surface area contributed by atoms with Crippen LogP contribution in [0, 0.1) is 5.92 Å². The minimum Gasteiger partial charge on any atom is -0.496 e. The molecule has 2 rings (SSSR count). The van der Waals surface area contributed by atoms with Gasteiger partial charge in [-0.2, -0.15) is 0 Å². The van der Waals surface area contributed by atoms with Gasteiger partial charge in [0, 0.05) is 22.5 Å². The highest BCUT2D eigenvalue weighted by Crippen LogP contribution is 2.23. The molecule has 104 valence electrons. The van der Waals surface area contributed by atoms with Crippen molar-refractivity contribution in [2.75, 3.05) is 20.2 Å². The Morgan fingerprint density at radius 2 is 2.21 bits per heavy atom. The number of amides is 1. The van der Waals surface area contributed by atoms with Gasteiger partial charge in [-0.3, -0.25) is 4.79 Å². The smallest absolute Gasteiger partial charge is 0.223 e. The van der Waals surface area contributed by atoms with Crippen molar-refractivity contribution in [1.29, 1.82) is 0 Å². The summed E-state index contributed by atoms with van der Waals surface area (Å²) in [5.41, 5.74) is 0.985. The summed E-state index contributed by atoms with van der Waals surface area (Å²) in [4.78, 5) is 12.1. The number of benzene rings is 1. The lowest BCUT2D eigenvalue weighted by molar-refractivity contribution is -0.125. The third-order valence-corrected chi connectivity index (χ3v) is 3.90. The van der Waals surface area contributed by atoms with Crippen LogP contribution in [0.1, 0.15) is 18.4 Å². The molecule has 19 heavy (non-hydrogen) atoms. The zero-order chi connectivity index (χ0) is 13.7. The Bertz CT molecular complexity index is 445. The second kappa shape index (κ2) is 6.91. The fourth-order valence-electron chi connectivity index (χ4n) is 2.30. The summed E-state index contributed by atoms with van der Waals surface area (Å²) >= 11 is 3.43. The van der Waals surface area contributed by atoms with E-state index in [2.05, 4.69) is 26.6 Å². The summed E-state index contributed by atoms with van der Waals surface area (Å²) in [5.74, 6) is 1.08. The Kier molecular flexibility index (Phi) is 5.22. The highest BCUT2D eigenvalue weighted by atomic mass is 79.9. The third kappa shape index (κ3) is 3.94. The lowest BCUT2D eigenvalue weighted by atomic mass is 9.97. The Hall–Kier alpha value is -1.07. The molecule has 0 aliphatic carbocycles. The Balaban J connectivity index is 1.94. The minimum absolute atomic E-state index is 0.138. The number of carbonyl (C=O) groups is 1. The predicted molar refractivity (Wildman–Crippen MR) is 78.1 cm³/mol. The first kappa shape index (κ1) is 14.3. The second-order valence-corrected chi connectivity index (χ2v) is 5.61. The maximum absolute atomic E-state index is 12.1. The average Bonchev–Trinajstić information content (AvgIpc) is 2.46. The summed E-state index contributed by atoms with van der Waals surface area (Å²) in [6, 6.07) is 5.80. The molecule has 0 unspecified atom stereocenters. The largest absolute Gasteiger partial charge is 0.496 e. The fraction of sp³-hybridized carbons (Fsp3) is 0.500. The molecular formula is C14H19BrN2O2. The van der Waals surface area contributed by atoms with Crippen LogP contribution in [-0.4, -0.2) is 26.1 Å². The van der Waals surface area contributed by atoms with Crippen LogP contribution in [-0.2, 0) is 11.3 Å². The number of halogens is 1. The van der Waals surface area contributed by atoms with Crippen molar-refractivity contribution in [2.45, 2.75) is 19.4 Å². The topological polar surface area (TPSA) is 50.4 Å². The van der Waals surface area contributed by atoms with E-state index in [4.69, 9.17) is 4.74 Å². The summed E-state index contributed by atoms with van der Waals surface area (Å²) in [6.45, 7) is 2.36. The standard InChI is InChI=1S/C14H19BrN2O2/c1-19-13-3-2-12(15)8-11(13)9-17-14(18)10-4-6-16-7-5-10/h2-3,8,10,16H,4-7,9H2,1H3,(H,17,18). The zero-order valence-corrected chi connectivity index (χ0v) is 12.6. The van der Waals surface area contributed by atoms with E-state index in [0.717, 1.165) is 41.7 Å². The molecule has 5 heteroatoms. The summed E-state index contributed by atoms with van der Waals surface area (Å²) in [5, 5.41) is 6.27. The Morgan fingerprint density at radius 1 is 1.47 bits per heavy atom. The lowest BCUT2D eigenvalue weighted by Crippen LogP contribution is -2.37. The van der Waals surface area contributed by atoms with Crippen LogP contribution in [0.4, 0.5) is 0 Å². The molecule has 1 amide bonds. The van der Waals surface area contributed by atoms with E-state index in [1.165, 1.54) is 0 Å². The van der Waals surface area contributed by atoms with Crippen LogP contribution in [0.3, 0.4) is 0 Å². The van der Waals surface area contributed by atoms with Crippen LogP contribution >= 0.6 is 15.9 Å². The number of carbonyl (C=O) groups excluding carboxylic acids is 1. The SMILES string of the molecule is COc1ccc(Br)cc1CNC(=O)C1CCNCC1. The predicted octanol–water partition coefficient (Wildman–Crippen LogP) is 2.07. The zero-order valence-electron chi connectivity index (χ0n) is 11.0. The van der Waals surface area contributed by atoms with Crippen molar-refractivity contribution >= 4 is 21.8 Å². The van der Waals surface area contributed by atoms with Gasteiger partial charge < -0.3 is 15.4 Å². The summed E-state index contributed by atoms with van der Waals surface area (Å²) < 4.78 is 6.28. The molecule has 2 N–H and O–H groups in total. The maximum Gasteiger partial charge on any atom is 0.223 e. The van der Waals surface area contributed by atoms with Gasteiger partial charge in [0.05, 0.1) is 7.11 Å². The van der Waals surface area contributed by atoms with Gasteiger partial charge in [0.15, 0.2) is 0 Å².